The van der Waals surface area contributed by atoms with Crippen molar-refractivity contribution in [1.82, 2.24) is 9.55 Å². The summed E-state index contributed by atoms with van der Waals surface area (Å²) in [4.78, 5) is 4.51. The predicted octanol–water partition coefficient (Wildman–Crippen LogP) is 4.84. The van der Waals surface area contributed by atoms with Gasteiger partial charge in [-0.05, 0) is 36.0 Å². The van der Waals surface area contributed by atoms with Crippen LogP contribution in [0.15, 0.2) is 18.2 Å². The number of halogens is 2. The van der Waals surface area contributed by atoms with E-state index in [2.05, 4.69) is 37.2 Å². The molecule has 0 atom stereocenters. The highest BCUT2D eigenvalue weighted by Gasteiger charge is 2.21. The Morgan fingerprint density at radius 1 is 1.20 bits per heavy atom. The third-order valence-electron chi connectivity index (χ3n) is 4.01. The van der Waals surface area contributed by atoms with Crippen molar-refractivity contribution in [3.8, 4) is 0 Å². The highest BCUT2D eigenvalue weighted by Crippen LogP contribution is 2.27. The summed E-state index contributed by atoms with van der Waals surface area (Å²) in [5, 5.41) is 0. The third-order valence-corrected chi connectivity index (χ3v) is 4.25. The maximum atomic E-state index is 13.5. The molecule has 2 nitrogen and oxygen atoms in total. The minimum Gasteiger partial charge on any atom is -0.327 e. The van der Waals surface area contributed by atoms with Gasteiger partial charge in [0.05, 0.1) is 16.9 Å². The minimum absolute atomic E-state index is 0.231. The van der Waals surface area contributed by atoms with Gasteiger partial charge in [-0.2, -0.15) is 0 Å². The van der Waals surface area contributed by atoms with E-state index >= 15 is 0 Å². The van der Waals surface area contributed by atoms with Gasteiger partial charge in [-0.1, -0.05) is 27.7 Å². The standard InChI is InChI=1S/C16H22ClFN2/c1-10(2)13(11(3)4)9-20-15-7-12(18)5-6-14(15)19-16(20)8-17/h5-7,10-11,13H,8-9H2,1-4H3. The SMILES string of the molecule is CC(C)C(Cn1c(CCl)nc2ccc(F)cc21)C(C)C. The van der Waals surface area contributed by atoms with Gasteiger partial charge in [-0.3, -0.25) is 0 Å². The van der Waals surface area contributed by atoms with Gasteiger partial charge in [0.25, 0.3) is 0 Å². The normalized spacial score (nSPS) is 12.2. The van der Waals surface area contributed by atoms with Crippen LogP contribution in [0.25, 0.3) is 11.0 Å². The summed E-state index contributed by atoms with van der Waals surface area (Å²) in [6, 6.07) is 4.72. The second-order valence-corrected chi connectivity index (χ2v) is 6.32. The number of imidazole rings is 1. The Morgan fingerprint density at radius 2 is 1.85 bits per heavy atom. The Labute approximate surface area is 125 Å². The number of aromatic nitrogens is 2. The number of hydrogen-bond donors (Lipinski definition) is 0. The Bertz CT molecular complexity index is 581. The van der Waals surface area contributed by atoms with E-state index in [1.165, 1.54) is 6.07 Å². The molecule has 0 saturated carbocycles. The van der Waals surface area contributed by atoms with E-state index < -0.39 is 0 Å². The van der Waals surface area contributed by atoms with Crippen LogP contribution in [0.5, 0.6) is 0 Å². The van der Waals surface area contributed by atoms with E-state index in [9.17, 15) is 4.39 Å². The molecule has 2 aromatic rings. The van der Waals surface area contributed by atoms with Gasteiger partial charge in [-0.15, -0.1) is 11.6 Å². The maximum Gasteiger partial charge on any atom is 0.125 e. The molecule has 20 heavy (non-hydrogen) atoms. The van der Waals surface area contributed by atoms with Crippen LogP contribution >= 0.6 is 11.6 Å². The molecule has 0 fully saturated rings. The Hall–Kier alpha value is -1.09. The highest BCUT2D eigenvalue weighted by atomic mass is 35.5. The summed E-state index contributed by atoms with van der Waals surface area (Å²) >= 11 is 6.01. The molecular formula is C16H22ClFN2. The minimum atomic E-state index is -0.231. The largest absolute Gasteiger partial charge is 0.327 e. The van der Waals surface area contributed by atoms with Crippen LogP contribution in [-0.2, 0) is 12.4 Å². The number of nitrogens with zero attached hydrogens (tertiary/aromatic N) is 2. The maximum absolute atomic E-state index is 13.5. The Kier molecular flexibility index (Phi) is 4.69. The fraction of sp³-hybridized carbons (Fsp3) is 0.562. The van der Waals surface area contributed by atoms with Crippen LogP contribution in [-0.4, -0.2) is 9.55 Å². The first kappa shape index (κ1) is 15.3. The molecule has 0 amide bonds. The van der Waals surface area contributed by atoms with Gasteiger partial charge < -0.3 is 4.57 Å². The van der Waals surface area contributed by atoms with Crippen molar-refractivity contribution < 1.29 is 4.39 Å². The summed E-state index contributed by atoms with van der Waals surface area (Å²) < 4.78 is 15.6. The first-order valence-electron chi connectivity index (χ1n) is 7.14. The first-order chi connectivity index (χ1) is 9.43. The smallest absolute Gasteiger partial charge is 0.125 e. The van der Waals surface area contributed by atoms with E-state index in [0.29, 0.717) is 23.6 Å². The summed E-state index contributed by atoms with van der Waals surface area (Å²) in [6.45, 7) is 9.74. The van der Waals surface area contributed by atoms with Crippen LogP contribution in [0, 0.1) is 23.6 Å². The zero-order valence-corrected chi connectivity index (χ0v) is 13.3. The molecule has 0 aliphatic carbocycles. The van der Waals surface area contributed by atoms with E-state index in [4.69, 9.17) is 11.6 Å². The number of rotatable bonds is 5. The van der Waals surface area contributed by atoms with Crippen molar-refractivity contribution in [2.45, 2.75) is 40.1 Å². The molecule has 0 aliphatic rings. The second-order valence-electron chi connectivity index (χ2n) is 6.06. The highest BCUT2D eigenvalue weighted by molar-refractivity contribution is 6.16. The summed E-state index contributed by atoms with van der Waals surface area (Å²) in [6.07, 6.45) is 0. The lowest BCUT2D eigenvalue weighted by Crippen LogP contribution is -2.22. The van der Waals surface area contributed by atoms with Crippen LogP contribution in [0.2, 0.25) is 0 Å². The zero-order chi connectivity index (χ0) is 14.9. The lowest BCUT2D eigenvalue weighted by Gasteiger charge is -2.26. The van der Waals surface area contributed by atoms with E-state index in [-0.39, 0.29) is 5.82 Å². The molecule has 0 spiro atoms. The predicted molar refractivity (Wildman–Crippen MR) is 82.4 cm³/mol. The van der Waals surface area contributed by atoms with Gasteiger partial charge in [0.15, 0.2) is 0 Å². The monoisotopic (exact) mass is 296 g/mol. The van der Waals surface area contributed by atoms with E-state index in [1.807, 2.05) is 0 Å². The van der Waals surface area contributed by atoms with Crippen LogP contribution in [0.3, 0.4) is 0 Å². The topological polar surface area (TPSA) is 17.8 Å². The molecule has 0 N–H and O–H groups in total. The number of fused-ring (bicyclic) bond motifs is 1. The van der Waals surface area contributed by atoms with E-state index in [0.717, 1.165) is 23.4 Å². The van der Waals surface area contributed by atoms with Crippen molar-refractivity contribution in [3.05, 3.63) is 29.8 Å². The van der Waals surface area contributed by atoms with Gasteiger partial charge in [0.1, 0.15) is 11.6 Å². The first-order valence-corrected chi connectivity index (χ1v) is 7.68. The molecule has 0 aliphatic heterocycles. The Morgan fingerprint density at radius 3 is 2.40 bits per heavy atom. The average molecular weight is 297 g/mol. The summed E-state index contributed by atoms with van der Waals surface area (Å²) in [7, 11) is 0. The van der Waals surface area contributed by atoms with E-state index in [1.54, 1.807) is 12.1 Å². The molecule has 4 heteroatoms. The number of benzene rings is 1. The molecule has 0 unspecified atom stereocenters. The quantitative estimate of drug-likeness (QED) is 0.722. The van der Waals surface area contributed by atoms with Crippen molar-refractivity contribution >= 4 is 22.6 Å². The molecule has 0 saturated heterocycles. The summed E-state index contributed by atoms with van der Waals surface area (Å²) in [5.41, 5.74) is 1.65. The lowest BCUT2D eigenvalue weighted by atomic mass is 9.85. The molecule has 0 bridgehead atoms. The fourth-order valence-corrected chi connectivity index (χ4v) is 3.06. The summed E-state index contributed by atoms with van der Waals surface area (Å²) in [5.74, 6) is 2.56. The van der Waals surface area contributed by atoms with Gasteiger partial charge in [0.2, 0.25) is 0 Å². The lowest BCUT2D eigenvalue weighted by molar-refractivity contribution is 0.252. The van der Waals surface area contributed by atoms with Crippen LogP contribution in [0.4, 0.5) is 4.39 Å². The average Bonchev–Trinajstić information content (AvgIpc) is 2.72. The second kappa shape index (κ2) is 6.13. The number of hydrogen-bond acceptors (Lipinski definition) is 1. The molecule has 1 aromatic carbocycles. The Balaban J connectivity index is 2.48. The van der Waals surface area contributed by atoms with Gasteiger partial charge in [-0.25, -0.2) is 9.37 Å². The van der Waals surface area contributed by atoms with Crippen molar-refractivity contribution in [3.63, 3.8) is 0 Å². The van der Waals surface area contributed by atoms with Gasteiger partial charge in [0, 0.05) is 6.54 Å². The zero-order valence-electron chi connectivity index (χ0n) is 12.5. The van der Waals surface area contributed by atoms with Crippen molar-refractivity contribution in [1.29, 1.82) is 0 Å². The van der Waals surface area contributed by atoms with Crippen LogP contribution in [0.1, 0.15) is 33.5 Å². The fourth-order valence-electron chi connectivity index (χ4n) is 2.85. The number of alkyl halides is 1. The van der Waals surface area contributed by atoms with Crippen molar-refractivity contribution in [2.75, 3.05) is 0 Å². The molecular weight excluding hydrogens is 275 g/mol. The molecule has 110 valence electrons. The molecule has 1 heterocycles. The van der Waals surface area contributed by atoms with Gasteiger partial charge >= 0.3 is 0 Å². The molecule has 0 radical (unpaired) electrons. The van der Waals surface area contributed by atoms with Crippen LogP contribution < -0.4 is 0 Å². The van der Waals surface area contributed by atoms with Crippen molar-refractivity contribution in [2.24, 2.45) is 17.8 Å². The molecule has 2 rings (SSSR count). The molecule has 1 aromatic heterocycles. The third kappa shape index (κ3) is 2.98.